The van der Waals surface area contributed by atoms with E-state index in [1.54, 1.807) is 7.05 Å². The van der Waals surface area contributed by atoms with Gasteiger partial charge in [0.15, 0.2) is 6.10 Å². The van der Waals surface area contributed by atoms with Gasteiger partial charge in [-0.2, -0.15) is 13.2 Å². The Morgan fingerprint density at radius 1 is 1.04 bits per heavy atom. The Morgan fingerprint density at radius 3 is 2.17 bits per heavy atom. The Hall–Kier alpha value is -1.37. The molecule has 0 bridgehead atoms. The summed E-state index contributed by atoms with van der Waals surface area (Å²) in [5.41, 5.74) is 1.70. The third kappa shape index (κ3) is 4.56. The van der Waals surface area contributed by atoms with Gasteiger partial charge in [-0.3, -0.25) is 4.90 Å². The molecule has 1 N–H and O–H groups in total. The maximum Gasteiger partial charge on any atom is 0.415 e. The molecule has 0 aliphatic rings. The summed E-state index contributed by atoms with van der Waals surface area (Å²) in [5, 5.41) is 9.39. The second kappa shape index (κ2) is 7.47. The number of hydrogen-bond acceptors (Lipinski definition) is 2. The molecule has 2 aromatic rings. The van der Waals surface area contributed by atoms with Gasteiger partial charge < -0.3 is 5.11 Å². The lowest BCUT2D eigenvalue weighted by atomic mass is 9.97. The Morgan fingerprint density at radius 2 is 1.61 bits per heavy atom. The SMILES string of the molecule is CN(CC(O)C(F)(F)F)C(c1ccccc1)c1ccccc1Br. The van der Waals surface area contributed by atoms with Crippen LogP contribution in [-0.4, -0.2) is 35.9 Å². The molecule has 0 saturated heterocycles. The number of nitrogens with zero attached hydrogens (tertiary/aromatic N) is 1. The first-order valence-corrected chi connectivity index (χ1v) is 7.84. The lowest BCUT2D eigenvalue weighted by Crippen LogP contribution is -2.41. The Kier molecular flexibility index (Phi) is 5.84. The van der Waals surface area contributed by atoms with Crippen LogP contribution in [0.2, 0.25) is 0 Å². The maximum absolute atomic E-state index is 12.7. The summed E-state index contributed by atoms with van der Waals surface area (Å²) in [6, 6.07) is 16.2. The van der Waals surface area contributed by atoms with Gasteiger partial charge in [0.25, 0.3) is 0 Å². The fraction of sp³-hybridized carbons (Fsp3) is 0.294. The van der Waals surface area contributed by atoms with Crippen molar-refractivity contribution in [2.24, 2.45) is 0 Å². The molecule has 0 saturated carbocycles. The van der Waals surface area contributed by atoms with Crippen LogP contribution < -0.4 is 0 Å². The molecule has 6 heteroatoms. The molecule has 0 fully saturated rings. The van der Waals surface area contributed by atoms with Crippen LogP contribution in [0, 0.1) is 0 Å². The summed E-state index contributed by atoms with van der Waals surface area (Å²) in [5.74, 6) is 0. The van der Waals surface area contributed by atoms with Crippen LogP contribution in [-0.2, 0) is 0 Å². The summed E-state index contributed by atoms with van der Waals surface area (Å²) >= 11 is 3.46. The van der Waals surface area contributed by atoms with E-state index in [0.29, 0.717) is 0 Å². The number of hydrogen-bond donors (Lipinski definition) is 1. The Bertz CT molecular complexity index is 633. The van der Waals surface area contributed by atoms with E-state index in [4.69, 9.17) is 0 Å². The number of aliphatic hydroxyl groups is 1. The third-order valence-electron chi connectivity index (χ3n) is 3.59. The van der Waals surface area contributed by atoms with Crippen molar-refractivity contribution in [1.82, 2.24) is 4.90 Å². The van der Waals surface area contributed by atoms with Crippen molar-refractivity contribution >= 4 is 15.9 Å². The molecule has 0 aliphatic carbocycles. The van der Waals surface area contributed by atoms with E-state index in [0.717, 1.165) is 15.6 Å². The van der Waals surface area contributed by atoms with E-state index >= 15 is 0 Å². The largest absolute Gasteiger partial charge is 0.415 e. The number of halogens is 4. The van der Waals surface area contributed by atoms with Crippen molar-refractivity contribution < 1.29 is 18.3 Å². The highest BCUT2D eigenvalue weighted by atomic mass is 79.9. The van der Waals surface area contributed by atoms with Gasteiger partial charge in [-0.05, 0) is 24.2 Å². The van der Waals surface area contributed by atoms with Crippen LogP contribution in [0.15, 0.2) is 59.1 Å². The Labute approximate surface area is 141 Å². The standard InChI is InChI=1S/C17H17BrF3NO/c1-22(11-15(23)17(19,20)21)16(12-7-3-2-4-8-12)13-9-5-6-10-14(13)18/h2-10,15-16,23H,11H2,1H3. The topological polar surface area (TPSA) is 23.5 Å². The molecule has 2 aromatic carbocycles. The summed E-state index contributed by atoms with van der Waals surface area (Å²) in [6.07, 6.45) is -7.02. The van der Waals surface area contributed by atoms with Gasteiger partial charge in [-0.25, -0.2) is 0 Å². The smallest absolute Gasteiger partial charge is 0.382 e. The van der Waals surface area contributed by atoms with E-state index in [2.05, 4.69) is 15.9 Å². The van der Waals surface area contributed by atoms with Crippen LogP contribution in [0.3, 0.4) is 0 Å². The van der Waals surface area contributed by atoms with Crippen LogP contribution >= 0.6 is 15.9 Å². The van der Waals surface area contributed by atoms with Crippen molar-refractivity contribution in [2.75, 3.05) is 13.6 Å². The van der Waals surface area contributed by atoms with E-state index in [1.165, 1.54) is 4.90 Å². The minimum Gasteiger partial charge on any atom is -0.382 e. The van der Waals surface area contributed by atoms with E-state index in [1.807, 2.05) is 54.6 Å². The number of alkyl halides is 3. The number of likely N-dealkylation sites (N-methyl/N-ethyl adjacent to an activating group) is 1. The molecular formula is C17H17BrF3NO. The number of benzene rings is 2. The van der Waals surface area contributed by atoms with Crippen molar-refractivity contribution in [3.8, 4) is 0 Å². The summed E-state index contributed by atoms with van der Waals surface area (Å²) < 4.78 is 38.8. The van der Waals surface area contributed by atoms with Crippen molar-refractivity contribution in [3.05, 3.63) is 70.2 Å². The third-order valence-corrected chi connectivity index (χ3v) is 4.32. The molecule has 2 rings (SSSR count). The minimum atomic E-state index is -4.64. The zero-order valence-corrected chi connectivity index (χ0v) is 14.1. The van der Waals surface area contributed by atoms with Crippen LogP contribution in [0.1, 0.15) is 17.2 Å². The van der Waals surface area contributed by atoms with Gasteiger partial charge in [-0.1, -0.05) is 64.5 Å². The molecule has 0 heterocycles. The summed E-state index contributed by atoms with van der Waals surface area (Å²) in [6.45, 7) is -0.510. The first-order valence-electron chi connectivity index (χ1n) is 7.05. The van der Waals surface area contributed by atoms with Crippen LogP contribution in [0.25, 0.3) is 0 Å². The molecule has 0 aromatic heterocycles. The van der Waals surface area contributed by atoms with E-state index < -0.39 is 24.9 Å². The van der Waals surface area contributed by atoms with Gasteiger partial charge in [0, 0.05) is 11.0 Å². The van der Waals surface area contributed by atoms with Crippen LogP contribution in [0.4, 0.5) is 13.2 Å². The molecular weight excluding hydrogens is 371 g/mol. The predicted octanol–water partition coefficient (Wildman–Crippen LogP) is 4.39. The fourth-order valence-electron chi connectivity index (χ4n) is 2.49. The van der Waals surface area contributed by atoms with Crippen molar-refractivity contribution in [2.45, 2.75) is 18.3 Å². The van der Waals surface area contributed by atoms with Gasteiger partial charge in [-0.15, -0.1) is 0 Å². The second-order valence-electron chi connectivity index (χ2n) is 5.33. The van der Waals surface area contributed by atoms with Crippen molar-refractivity contribution in [3.63, 3.8) is 0 Å². The van der Waals surface area contributed by atoms with E-state index in [9.17, 15) is 18.3 Å². The van der Waals surface area contributed by atoms with Gasteiger partial charge >= 0.3 is 6.18 Å². The zero-order chi connectivity index (χ0) is 17.0. The first-order chi connectivity index (χ1) is 10.8. The molecule has 0 spiro atoms. The molecule has 2 atom stereocenters. The maximum atomic E-state index is 12.7. The number of aliphatic hydroxyl groups excluding tert-OH is 1. The van der Waals surface area contributed by atoms with Gasteiger partial charge in [0.1, 0.15) is 0 Å². The average Bonchev–Trinajstić information content (AvgIpc) is 2.49. The minimum absolute atomic E-state index is 0.399. The highest BCUT2D eigenvalue weighted by molar-refractivity contribution is 9.10. The summed E-state index contributed by atoms with van der Waals surface area (Å²) in [4.78, 5) is 1.51. The predicted molar refractivity (Wildman–Crippen MR) is 87.1 cm³/mol. The molecule has 0 aliphatic heterocycles. The molecule has 23 heavy (non-hydrogen) atoms. The lowest BCUT2D eigenvalue weighted by Gasteiger charge is -2.31. The Balaban J connectivity index is 2.37. The highest BCUT2D eigenvalue weighted by Gasteiger charge is 2.39. The molecule has 0 amide bonds. The molecule has 0 radical (unpaired) electrons. The molecule has 124 valence electrons. The quantitative estimate of drug-likeness (QED) is 0.821. The molecule has 2 unspecified atom stereocenters. The highest BCUT2D eigenvalue weighted by Crippen LogP contribution is 2.33. The average molecular weight is 388 g/mol. The molecule has 2 nitrogen and oxygen atoms in total. The summed E-state index contributed by atoms with van der Waals surface area (Å²) in [7, 11) is 1.58. The van der Waals surface area contributed by atoms with Gasteiger partial charge in [0.2, 0.25) is 0 Å². The van der Waals surface area contributed by atoms with Gasteiger partial charge in [0.05, 0.1) is 6.04 Å². The van der Waals surface area contributed by atoms with Crippen molar-refractivity contribution in [1.29, 1.82) is 0 Å². The number of rotatable bonds is 5. The monoisotopic (exact) mass is 387 g/mol. The van der Waals surface area contributed by atoms with E-state index in [-0.39, 0.29) is 0 Å². The first kappa shape index (κ1) is 18.0. The normalized spacial score (nSPS) is 14.7. The van der Waals surface area contributed by atoms with Crippen LogP contribution in [0.5, 0.6) is 0 Å². The zero-order valence-electron chi connectivity index (χ0n) is 12.5. The lowest BCUT2D eigenvalue weighted by molar-refractivity contribution is -0.208. The fourth-order valence-corrected chi connectivity index (χ4v) is 2.99. The second-order valence-corrected chi connectivity index (χ2v) is 6.19.